The van der Waals surface area contributed by atoms with Crippen LogP contribution in [0, 0.1) is 11.8 Å². The van der Waals surface area contributed by atoms with Crippen LogP contribution in [0.15, 0.2) is 41.2 Å². The number of nitrogens with zero attached hydrogens (tertiary/aromatic N) is 2. The molecule has 254 valence electrons. The van der Waals surface area contributed by atoms with Crippen molar-refractivity contribution < 1.29 is 54.2 Å². The number of likely N-dealkylation sites (N-methyl/N-ethyl adjacent to an activating group) is 1. The molecule has 1 aliphatic heterocycles. The monoisotopic (exact) mass is 665 g/mol. The summed E-state index contributed by atoms with van der Waals surface area (Å²) in [7, 11) is 6.27. The Labute approximate surface area is 273 Å². The van der Waals surface area contributed by atoms with Gasteiger partial charge in [-0.15, -0.1) is 0 Å². The van der Waals surface area contributed by atoms with Crippen molar-refractivity contribution >= 4 is 40.6 Å². The van der Waals surface area contributed by atoms with Gasteiger partial charge in [0.2, 0.25) is 12.6 Å². The number of primary amides is 1. The maximum atomic E-state index is 14.2. The number of aromatic hydroxyl groups is 1. The van der Waals surface area contributed by atoms with E-state index in [-0.39, 0.29) is 30.9 Å². The Hall–Kier alpha value is -5.32. The SMILES string of the molecule is CN(C)c1cc(CNC(=O)Nc2ccc3c(c2)OCO3)c(O)c2c1CC1C(=C2O)C(=O)[C@]2(O)C(O)=C(C(N)=O)C(=O)[C@@H](N(C)C)[C@@H]2[C@H]1O. The molecule has 0 bridgehead atoms. The van der Waals surface area contributed by atoms with E-state index in [1.165, 1.54) is 19.0 Å². The van der Waals surface area contributed by atoms with Crippen LogP contribution in [0.4, 0.5) is 16.2 Å². The van der Waals surface area contributed by atoms with Crippen molar-refractivity contribution in [3.05, 3.63) is 57.9 Å². The number of ketones is 2. The normalized spacial score (nSPS) is 25.8. The van der Waals surface area contributed by atoms with Crippen LogP contribution >= 0.6 is 0 Å². The molecule has 5 atom stereocenters. The van der Waals surface area contributed by atoms with Gasteiger partial charge in [-0.3, -0.25) is 19.3 Å². The maximum Gasteiger partial charge on any atom is 0.319 e. The van der Waals surface area contributed by atoms with Crippen LogP contribution in [0.5, 0.6) is 17.2 Å². The third kappa shape index (κ3) is 4.70. The number of nitrogens with two attached hydrogens (primary N) is 1. The summed E-state index contributed by atoms with van der Waals surface area (Å²) in [5, 5.41) is 63.1. The number of phenols is 1. The number of ether oxygens (including phenoxy) is 2. The smallest absolute Gasteiger partial charge is 0.319 e. The van der Waals surface area contributed by atoms with Gasteiger partial charge in [-0.25, -0.2) is 4.79 Å². The van der Waals surface area contributed by atoms with Crippen LogP contribution in [0.1, 0.15) is 16.7 Å². The zero-order valence-electron chi connectivity index (χ0n) is 26.4. The highest BCUT2D eigenvalue weighted by Crippen LogP contribution is 2.54. The summed E-state index contributed by atoms with van der Waals surface area (Å²) in [6.45, 7) is -0.170. The molecule has 0 spiro atoms. The first-order chi connectivity index (χ1) is 22.6. The van der Waals surface area contributed by atoms with Gasteiger partial charge in [0.1, 0.15) is 22.8 Å². The number of rotatable bonds is 6. The standard InChI is InChI=1S/C32H35N5O11/c1-36(2)16-7-12(10-34-31(45)35-13-5-6-17-18(8-13)48-11-47-17)24(38)19-14(16)9-15-20(26(19)40)28(42)32(46)22(25(15)39)23(37(3)4)27(41)21(29(32)43)30(33)44/h5-8,15,22-23,25,38-40,43,46H,9-11H2,1-4H3,(H2,33,44)(H2,34,35,45)/t15?,22-,23+,25+,32+/m1/s1. The molecule has 48 heavy (non-hydrogen) atoms. The molecule has 3 amide bonds. The molecule has 2 aromatic carbocycles. The second-order valence-corrected chi connectivity index (χ2v) is 12.6. The quantitative estimate of drug-likeness (QED) is 0.190. The average Bonchev–Trinajstić information content (AvgIpc) is 3.48. The number of benzene rings is 2. The summed E-state index contributed by atoms with van der Waals surface area (Å²) in [6, 6.07) is 4.34. The molecular formula is C32H35N5O11. The number of aliphatic hydroxyl groups is 4. The number of carbonyl (C=O) groups excluding carboxylic acids is 4. The number of amides is 3. The summed E-state index contributed by atoms with van der Waals surface area (Å²) in [5.41, 5.74) is 2.04. The molecule has 4 aliphatic rings. The van der Waals surface area contributed by atoms with Crippen LogP contribution in [0.25, 0.3) is 5.76 Å². The molecule has 0 aromatic heterocycles. The average molecular weight is 666 g/mol. The highest BCUT2D eigenvalue weighted by molar-refractivity contribution is 6.24. The van der Waals surface area contributed by atoms with Gasteiger partial charge in [-0.1, -0.05) is 0 Å². The lowest BCUT2D eigenvalue weighted by Crippen LogP contribution is -2.70. The fourth-order valence-electron chi connectivity index (χ4n) is 7.22. The minimum Gasteiger partial charge on any atom is -0.508 e. The number of aliphatic hydroxyl groups excluding tert-OH is 3. The van der Waals surface area contributed by atoms with Crippen molar-refractivity contribution in [1.82, 2.24) is 10.2 Å². The number of hydrogen-bond acceptors (Lipinski definition) is 13. The van der Waals surface area contributed by atoms with E-state index in [1.54, 1.807) is 43.3 Å². The second kappa shape index (κ2) is 11.4. The van der Waals surface area contributed by atoms with E-state index in [0.717, 1.165) is 0 Å². The van der Waals surface area contributed by atoms with Gasteiger partial charge in [0, 0.05) is 55.1 Å². The summed E-state index contributed by atoms with van der Waals surface area (Å²) in [5.74, 6) is -8.06. The molecule has 0 radical (unpaired) electrons. The van der Waals surface area contributed by atoms with E-state index in [0.29, 0.717) is 28.4 Å². The second-order valence-electron chi connectivity index (χ2n) is 12.6. The molecule has 1 unspecified atom stereocenters. The van der Waals surface area contributed by atoms with Gasteiger partial charge in [-0.05, 0) is 44.3 Å². The molecule has 3 aliphatic carbocycles. The van der Waals surface area contributed by atoms with Gasteiger partial charge < -0.3 is 56.3 Å². The molecule has 1 saturated carbocycles. The molecule has 6 rings (SSSR count). The minimum absolute atomic E-state index is 0.0630. The minimum atomic E-state index is -3.02. The van der Waals surface area contributed by atoms with Gasteiger partial charge in [0.15, 0.2) is 22.9 Å². The van der Waals surface area contributed by atoms with Crippen LogP contribution in [0.3, 0.4) is 0 Å². The Balaban J connectivity index is 1.40. The largest absolute Gasteiger partial charge is 0.508 e. The predicted molar refractivity (Wildman–Crippen MR) is 168 cm³/mol. The first-order valence-electron chi connectivity index (χ1n) is 14.9. The first-order valence-corrected chi connectivity index (χ1v) is 14.9. The van der Waals surface area contributed by atoms with Gasteiger partial charge >= 0.3 is 6.03 Å². The Kier molecular flexibility index (Phi) is 7.77. The van der Waals surface area contributed by atoms with Crippen LogP contribution in [-0.4, -0.2) is 107 Å². The lowest BCUT2D eigenvalue weighted by Gasteiger charge is -2.52. The van der Waals surface area contributed by atoms with Crippen molar-refractivity contribution in [3.63, 3.8) is 0 Å². The molecule has 1 heterocycles. The Morgan fingerprint density at radius 2 is 1.75 bits per heavy atom. The number of nitrogens with one attached hydrogen (secondary N) is 2. The van der Waals surface area contributed by atoms with Crippen molar-refractivity contribution in [2.45, 2.75) is 30.7 Å². The topological polar surface area (TPSA) is 244 Å². The van der Waals surface area contributed by atoms with E-state index in [9.17, 15) is 44.7 Å². The van der Waals surface area contributed by atoms with Gasteiger partial charge in [-0.2, -0.15) is 0 Å². The Morgan fingerprint density at radius 3 is 2.40 bits per heavy atom. The fourth-order valence-corrected chi connectivity index (χ4v) is 7.22. The zero-order valence-corrected chi connectivity index (χ0v) is 26.4. The van der Waals surface area contributed by atoms with Gasteiger partial charge in [0.25, 0.3) is 5.91 Å². The lowest BCUT2D eigenvalue weighted by molar-refractivity contribution is -0.168. The third-order valence-electron chi connectivity index (χ3n) is 9.41. The van der Waals surface area contributed by atoms with Crippen molar-refractivity contribution in [1.29, 1.82) is 0 Å². The first kappa shape index (κ1) is 32.6. The number of fused-ring (bicyclic) bond motifs is 4. The van der Waals surface area contributed by atoms with E-state index in [2.05, 4.69) is 10.6 Å². The summed E-state index contributed by atoms with van der Waals surface area (Å²) >= 11 is 0. The number of phenolic OH excluding ortho intramolecular Hbond substituents is 1. The number of Topliss-reactive ketones (excluding diaryl/α,β-unsaturated/α-hetero) is 2. The molecule has 0 saturated heterocycles. The van der Waals surface area contributed by atoms with E-state index in [4.69, 9.17) is 15.2 Å². The van der Waals surface area contributed by atoms with Crippen LogP contribution in [0.2, 0.25) is 0 Å². The fraction of sp³-hybridized carbons (Fsp3) is 0.375. The maximum absolute atomic E-state index is 14.2. The Bertz CT molecular complexity index is 1850. The summed E-state index contributed by atoms with van der Waals surface area (Å²) in [4.78, 5) is 55.5. The summed E-state index contributed by atoms with van der Waals surface area (Å²) < 4.78 is 10.6. The van der Waals surface area contributed by atoms with Crippen molar-refractivity contribution in [3.8, 4) is 17.2 Å². The number of carbonyl (C=O) groups is 4. The zero-order chi connectivity index (χ0) is 35.0. The highest BCUT2D eigenvalue weighted by Gasteiger charge is 2.67. The number of hydrogen-bond donors (Lipinski definition) is 8. The molecule has 1 fully saturated rings. The van der Waals surface area contributed by atoms with Gasteiger partial charge in [0.05, 0.1) is 23.6 Å². The molecular weight excluding hydrogens is 630 g/mol. The number of anilines is 2. The third-order valence-corrected chi connectivity index (χ3v) is 9.41. The molecule has 9 N–H and O–H groups in total. The van der Waals surface area contributed by atoms with E-state index < -0.39 is 81.5 Å². The van der Waals surface area contributed by atoms with E-state index >= 15 is 0 Å². The van der Waals surface area contributed by atoms with Crippen LogP contribution < -0.4 is 30.7 Å². The number of urea groups is 1. The van der Waals surface area contributed by atoms with Crippen molar-refractivity contribution in [2.75, 3.05) is 45.2 Å². The molecule has 16 heteroatoms. The van der Waals surface area contributed by atoms with Crippen molar-refractivity contribution in [2.24, 2.45) is 17.6 Å². The van der Waals surface area contributed by atoms with E-state index in [1.807, 2.05) is 0 Å². The lowest BCUT2D eigenvalue weighted by atomic mass is 9.56. The van der Waals surface area contributed by atoms with Crippen LogP contribution in [-0.2, 0) is 27.3 Å². The highest BCUT2D eigenvalue weighted by atomic mass is 16.7. The Morgan fingerprint density at radius 1 is 1.06 bits per heavy atom. The molecule has 2 aromatic rings. The molecule has 16 nitrogen and oxygen atoms in total. The predicted octanol–water partition coefficient (Wildman–Crippen LogP) is 0.0512. The summed E-state index contributed by atoms with van der Waals surface area (Å²) in [6.07, 6.45) is -1.83.